The van der Waals surface area contributed by atoms with Crippen LogP contribution in [0.15, 0.2) is 47.8 Å². The van der Waals surface area contributed by atoms with Crippen LogP contribution in [0, 0.1) is 6.92 Å². The SMILES string of the molecule is CSc1nc(C(C)C)nc(C)c1C(=O)Nc1cnn(-c2ccccc2)c1. The van der Waals surface area contributed by atoms with E-state index in [1.807, 2.05) is 57.4 Å². The van der Waals surface area contributed by atoms with Crippen molar-refractivity contribution in [3.63, 3.8) is 0 Å². The minimum Gasteiger partial charge on any atom is -0.319 e. The number of aromatic nitrogens is 4. The molecule has 26 heavy (non-hydrogen) atoms. The zero-order valence-electron chi connectivity index (χ0n) is 15.2. The molecule has 3 rings (SSSR count). The highest BCUT2D eigenvalue weighted by molar-refractivity contribution is 7.98. The Morgan fingerprint density at radius 1 is 1.19 bits per heavy atom. The maximum Gasteiger partial charge on any atom is 0.260 e. The average Bonchev–Trinajstić information content (AvgIpc) is 3.09. The van der Waals surface area contributed by atoms with Crippen molar-refractivity contribution in [3.05, 3.63) is 59.8 Å². The fourth-order valence-electron chi connectivity index (χ4n) is 2.54. The number of benzene rings is 1. The number of carbonyl (C=O) groups excluding carboxylic acids is 1. The van der Waals surface area contributed by atoms with Gasteiger partial charge >= 0.3 is 0 Å². The van der Waals surface area contributed by atoms with Crippen molar-refractivity contribution in [3.8, 4) is 5.69 Å². The highest BCUT2D eigenvalue weighted by Gasteiger charge is 2.20. The molecule has 2 heterocycles. The molecular weight excluding hydrogens is 346 g/mol. The van der Waals surface area contributed by atoms with Gasteiger partial charge in [-0.25, -0.2) is 14.6 Å². The number of amides is 1. The number of hydrogen-bond acceptors (Lipinski definition) is 5. The van der Waals surface area contributed by atoms with E-state index in [-0.39, 0.29) is 11.8 Å². The molecule has 0 aliphatic rings. The zero-order chi connectivity index (χ0) is 18.7. The van der Waals surface area contributed by atoms with Crippen LogP contribution < -0.4 is 5.32 Å². The van der Waals surface area contributed by atoms with Crippen LogP contribution in [0.25, 0.3) is 5.69 Å². The molecule has 0 radical (unpaired) electrons. The minimum absolute atomic E-state index is 0.209. The molecule has 7 heteroatoms. The Morgan fingerprint density at radius 2 is 1.92 bits per heavy atom. The summed E-state index contributed by atoms with van der Waals surface area (Å²) in [5.74, 6) is 0.732. The van der Waals surface area contributed by atoms with Crippen molar-refractivity contribution in [1.82, 2.24) is 19.7 Å². The van der Waals surface area contributed by atoms with Crippen molar-refractivity contribution in [2.75, 3.05) is 11.6 Å². The molecule has 1 N–H and O–H groups in total. The molecule has 0 aliphatic carbocycles. The second-order valence-electron chi connectivity index (χ2n) is 6.17. The predicted molar refractivity (Wildman–Crippen MR) is 104 cm³/mol. The molecule has 0 saturated carbocycles. The lowest BCUT2D eigenvalue weighted by Gasteiger charge is -2.13. The predicted octanol–water partition coefficient (Wildman–Crippen LogP) is 4.07. The third kappa shape index (κ3) is 3.77. The van der Waals surface area contributed by atoms with Crippen LogP contribution in [0.2, 0.25) is 0 Å². The Labute approximate surface area is 157 Å². The van der Waals surface area contributed by atoms with E-state index in [1.165, 1.54) is 11.8 Å². The summed E-state index contributed by atoms with van der Waals surface area (Å²) in [5.41, 5.74) is 2.74. The summed E-state index contributed by atoms with van der Waals surface area (Å²) < 4.78 is 1.72. The van der Waals surface area contributed by atoms with Gasteiger partial charge in [-0.2, -0.15) is 5.10 Å². The minimum atomic E-state index is -0.227. The molecule has 1 aromatic carbocycles. The number of nitrogens with one attached hydrogen (secondary N) is 1. The molecule has 0 spiro atoms. The third-order valence-electron chi connectivity index (χ3n) is 3.87. The molecule has 6 nitrogen and oxygen atoms in total. The largest absolute Gasteiger partial charge is 0.319 e. The molecule has 0 unspecified atom stereocenters. The van der Waals surface area contributed by atoms with Crippen LogP contribution in [0.1, 0.15) is 41.6 Å². The summed E-state index contributed by atoms with van der Waals surface area (Å²) in [6.07, 6.45) is 5.32. The summed E-state index contributed by atoms with van der Waals surface area (Å²) >= 11 is 1.45. The molecule has 0 atom stereocenters. The summed E-state index contributed by atoms with van der Waals surface area (Å²) in [4.78, 5) is 21.8. The Hall–Kier alpha value is -2.67. The number of carbonyl (C=O) groups is 1. The Balaban J connectivity index is 1.86. The van der Waals surface area contributed by atoms with Crippen LogP contribution in [0.4, 0.5) is 5.69 Å². The smallest absolute Gasteiger partial charge is 0.260 e. The van der Waals surface area contributed by atoms with Crippen LogP contribution in [-0.4, -0.2) is 31.9 Å². The van der Waals surface area contributed by atoms with Crippen molar-refractivity contribution in [1.29, 1.82) is 0 Å². The van der Waals surface area contributed by atoms with Crippen molar-refractivity contribution in [2.24, 2.45) is 0 Å². The number of thioether (sulfide) groups is 1. The van der Waals surface area contributed by atoms with E-state index < -0.39 is 0 Å². The fraction of sp³-hybridized carbons (Fsp3) is 0.263. The molecule has 134 valence electrons. The molecule has 0 fully saturated rings. The van der Waals surface area contributed by atoms with E-state index in [1.54, 1.807) is 17.1 Å². The number of nitrogens with zero attached hydrogens (tertiary/aromatic N) is 4. The van der Waals surface area contributed by atoms with Crippen molar-refractivity contribution < 1.29 is 4.79 Å². The second-order valence-corrected chi connectivity index (χ2v) is 6.96. The molecule has 3 aromatic rings. The summed E-state index contributed by atoms with van der Waals surface area (Å²) in [6, 6.07) is 9.73. The topological polar surface area (TPSA) is 72.7 Å². The lowest BCUT2D eigenvalue weighted by atomic mass is 10.1. The number of rotatable bonds is 5. The Morgan fingerprint density at radius 3 is 2.58 bits per heavy atom. The average molecular weight is 367 g/mol. The first-order valence-electron chi connectivity index (χ1n) is 8.33. The summed E-state index contributed by atoms with van der Waals surface area (Å²) in [7, 11) is 0. The molecule has 0 saturated heterocycles. The van der Waals surface area contributed by atoms with Gasteiger partial charge in [0, 0.05) is 5.92 Å². The van der Waals surface area contributed by atoms with Gasteiger partial charge in [0.05, 0.1) is 35.0 Å². The van der Waals surface area contributed by atoms with Gasteiger partial charge in [-0.05, 0) is 25.3 Å². The summed E-state index contributed by atoms with van der Waals surface area (Å²) in [5, 5.41) is 7.89. The molecule has 0 aliphatic heterocycles. The number of anilines is 1. The van der Waals surface area contributed by atoms with Crippen LogP contribution in [-0.2, 0) is 0 Å². The van der Waals surface area contributed by atoms with E-state index in [0.717, 1.165) is 11.5 Å². The monoisotopic (exact) mass is 367 g/mol. The maximum atomic E-state index is 12.8. The van der Waals surface area contributed by atoms with Gasteiger partial charge in [-0.3, -0.25) is 4.79 Å². The van der Waals surface area contributed by atoms with Gasteiger partial charge in [0.15, 0.2) is 0 Å². The molecule has 2 aromatic heterocycles. The lowest BCUT2D eigenvalue weighted by molar-refractivity contribution is 0.102. The van der Waals surface area contributed by atoms with Crippen molar-refractivity contribution >= 4 is 23.4 Å². The highest BCUT2D eigenvalue weighted by Crippen LogP contribution is 2.24. The van der Waals surface area contributed by atoms with Gasteiger partial charge in [0.2, 0.25) is 0 Å². The summed E-state index contributed by atoms with van der Waals surface area (Å²) in [6.45, 7) is 5.92. The van der Waals surface area contributed by atoms with E-state index in [4.69, 9.17) is 0 Å². The lowest BCUT2D eigenvalue weighted by Crippen LogP contribution is -2.17. The fourth-order valence-corrected chi connectivity index (χ4v) is 3.17. The Bertz CT molecular complexity index is 921. The van der Waals surface area contributed by atoms with Gasteiger partial charge in [0.1, 0.15) is 10.9 Å². The first-order valence-corrected chi connectivity index (χ1v) is 9.56. The normalized spacial score (nSPS) is 11.0. The standard InChI is InChI=1S/C19H21N5OS/c1-12(2)17-21-13(3)16(19(23-17)26-4)18(25)22-14-10-20-24(11-14)15-8-6-5-7-9-15/h5-12H,1-4H3,(H,22,25). The van der Waals surface area contributed by atoms with Crippen LogP contribution in [0.3, 0.4) is 0 Å². The first kappa shape index (κ1) is 18.1. The first-order chi connectivity index (χ1) is 12.5. The number of hydrogen-bond donors (Lipinski definition) is 1. The number of aryl methyl sites for hydroxylation is 1. The number of para-hydroxylation sites is 1. The zero-order valence-corrected chi connectivity index (χ0v) is 16.0. The quantitative estimate of drug-likeness (QED) is 0.544. The Kier molecular flexibility index (Phi) is 5.37. The van der Waals surface area contributed by atoms with Crippen LogP contribution >= 0.6 is 11.8 Å². The third-order valence-corrected chi connectivity index (χ3v) is 4.55. The van der Waals surface area contributed by atoms with Gasteiger partial charge in [-0.15, -0.1) is 11.8 Å². The molecule has 0 bridgehead atoms. The van der Waals surface area contributed by atoms with Gasteiger partial charge < -0.3 is 5.32 Å². The van der Waals surface area contributed by atoms with E-state index >= 15 is 0 Å². The van der Waals surface area contributed by atoms with Crippen LogP contribution in [0.5, 0.6) is 0 Å². The molecule has 1 amide bonds. The maximum absolute atomic E-state index is 12.8. The van der Waals surface area contributed by atoms with E-state index in [0.29, 0.717) is 22.0 Å². The van der Waals surface area contributed by atoms with Crippen molar-refractivity contribution in [2.45, 2.75) is 31.7 Å². The highest BCUT2D eigenvalue weighted by atomic mass is 32.2. The van der Waals surface area contributed by atoms with E-state index in [2.05, 4.69) is 20.4 Å². The van der Waals surface area contributed by atoms with Gasteiger partial charge in [-0.1, -0.05) is 32.0 Å². The van der Waals surface area contributed by atoms with Gasteiger partial charge in [0.25, 0.3) is 5.91 Å². The van der Waals surface area contributed by atoms with E-state index in [9.17, 15) is 4.79 Å². The second kappa shape index (κ2) is 7.70. The molecular formula is C19H21N5OS.